The number of hydrogen-bond acceptors (Lipinski definition) is 6. The SMILES string of the molecule is O=C(CC(=O)C(F)(F)F)OCCNc1nccs1. The zero-order valence-corrected chi connectivity index (χ0v) is 9.81. The quantitative estimate of drug-likeness (QED) is 0.488. The van der Waals surface area contributed by atoms with E-state index in [4.69, 9.17) is 0 Å². The molecule has 0 saturated heterocycles. The van der Waals surface area contributed by atoms with Crippen LogP contribution >= 0.6 is 11.3 Å². The summed E-state index contributed by atoms with van der Waals surface area (Å²) in [6, 6.07) is 0. The van der Waals surface area contributed by atoms with Gasteiger partial charge in [0.15, 0.2) is 5.13 Å². The van der Waals surface area contributed by atoms with E-state index in [-0.39, 0.29) is 13.2 Å². The fourth-order valence-electron chi connectivity index (χ4n) is 0.916. The van der Waals surface area contributed by atoms with Crippen LogP contribution < -0.4 is 5.32 Å². The number of alkyl halides is 3. The summed E-state index contributed by atoms with van der Waals surface area (Å²) in [5.41, 5.74) is 0. The lowest BCUT2D eigenvalue weighted by Crippen LogP contribution is -2.26. The van der Waals surface area contributed by atoms with Gasteiger partial charge in [-0.25, -0.2) is 4.98 Å². The molecule has 0 atom stereocenters. The van der Waals surface area contributed by atoms with Crippen molar-refractivity contribution in [3.63, 3.8) is 0 Å². The summed E-state index contributed by atoms with van der Waals surface area (Å²) >= 11 is 1.33. The maximum atomic E-state index is 11.8. The fraction of sp³-hybridized carbons (Fsp3) is 0.444. The Balaban J connectivity index is 2.16. The van der Waals surface area contributed by atoms with Gasteiger partial charge in [-0.15, -0.1) is 11.3 Å². The van der Waals surface area contributed by atoms with Gasteiger partial charge in [0.05, 0.1) is 6.54 Å². The first-order chi connectivity index (χ1) is 8.39. The molecule has 0 aliphatic carbocycles. The van der Waals surface area contributed by atoms with E-state index >= 15 is 0 Å². The zero-order valence-electron chi connectivity index (χ0n) is 8.99. The second kappa shape index (κ2) is 6.34. The van der Waals surface area contributed by atoms with Crippen LogP contribution in [0.1, 0.15) is 6.42 Å². The molecule has 1 heterocycles. The summed E-state index contributed by atoms with van der Waals surface area (Å²) in [6.45, 7) is 0.0724. The van der Waals surface area contributed by atoms with Gasteiger partial charge >= 0.3 is 12.1 Å². The fourth-order valence-corrected chi connectivity index (χ4v) is 1.47. The Morgan fingerprint density at radius 3 is 2.72 bits per heavy atom. The van der Waals surface area contributed by atoms with Gasteiger partial charge in [0.1, 0.15) is 13.0 Å². The first-order valence-corrected chi connectivity index (χ1v) is 5.66. The van der Waals surface area contributed by atoms with Gasteiger partial charge in [0, 0.05) is 11.6 Å². The van der Waals surface area contributed by atoms with Crippen molar-refractivity contribution in [2.75, 3.05) is 18.5 Å². The number of Topliss-reactive ketones (excluding diaryl/α,β-unsaturated/α-hetero) is 1. The molecule has 9 heteroatoms. The number of thiazole rings is 1. The molecule has 0 amide bonds. The molecule has 0 saturated carbocycles. The number of nitrogens with one attached hydrogen (secondary N) is 1. The van der Waals surface area contributed by atoms with Gasteiger partial charge in [0.2, 0.25) is 5.78 Å². The number of nitrogens with zero attached hydrogens (tertiary/aromatic N) is 1. The minimum absolute atomic E-state index is 0.135. The molecule has 0 aliphatic rings. The topological polar surface area (TPSA) is 68.3 Å². The average Bonchev–Trinajstić information content (AvgIpc) is 2.75. The number of ether oxygens (including phenoxy) is 1. The highest BCUT2D eigenvalue weighted by Gasteiger charge is 2.39. The molecule has 0 unspecified atom stereocenters. The Labute approximate surface area is 104 Å². The molecular weight excluding hydrogens is 273 g/mol. The van der Waals surface area contributed by atoms with Crippen LogP contribution in [0.4, 0.5) is 18.3 Å². The number of halogens is 3. The molecule has 1 aromatic rings. The highest BCUT2D eigenvalue weighted by molar-refractivity contribution is 7.13. The molecule has 100 valence electrons. The number of anilines is 1. The van der Waals surface area contributed by atoms with Crippen molar-refractivity contribution in [1.82, 2.24) is 4.98 Å². The Morgan fingerprint density at radius 2 is 2.17 bits per heavy atom. The summed E-state index contributed by atoms with van der Waals surface area (Å²) < 4.78 is 39.9. The molecule has 0 bridgehead atoms. The van der Waals surface area contributed by atoms with E-state index in [9.17, 15) is 22.8 Å². The van der Waals surface area contributed by atoms with Crippen molar-refractivity contribution in [3.8, 4) is 0 Å². The molecule has 5 nitrogen and oxygen atoms in total. The van der Waals surface area contributed by atoms with Crippen LogP contribution in [0.5, 0.6) is 0 Å². The highest BCUT2D eigenvalue weighted by atomic mass is 32.1. The Morgan fingerprint density at radius 1 is 1.44 bits per heavy atom. The van der Waals surface area contributed by atoms with Gasteiger partial charge in [-0.05, 0) is 0 Å². The number of esters is 1. The molecular formula is C9H9F3N2O3S. The lowest BCUT2D eigenvalue weighted by atomic mass is 10.3. The van der Waals surface area contributed by atoms with Crippen molar-refractivity contribution in [2.24, 2.45) is 0 Å². The lowest BCUT2D eigenvalue weighted by molar-refractivity contribution is -0.174. The third-order valence-electron chi connectivity index (χ3n) is 1.69. The second-order valence-corrected chi connectivity index (χ2v) is 3.98. The second-order valence-electron chi connectivity index (χ2n) is 3.08. The van der Waals surface area contributed by atoms with Crippen LogP contribution in [0.3, 0.4) is 0 Å². The molecule has 1 aromatic heterocycles. The predicted octanol–water partition coefficient (Wildman–Crippen LogP) is 1.62. The van der Waals surface area contributed by atoms with Gasteiger partial charge < -0.3 is 10.1 Å². The molecule has 18 heavy (non-hydrogen) atoms. The van der Waals surface area contributed by atoms with E-state index in [0.29, 0.717) is 5.13 Å². The largest absolute Gasteiger partial charge is 0.463 e. The van der Waals surface area contributed by atoms with Crippen LogP contribution in [-0.2, 0) is 14.3 Å². The molecule has 0 radical (unpaired) electrons. The van der Waals surface area contributed by atoms with Crippen LogP contribution in [-0.4, -0.2) is 36.1 Å². The lowest BCUT2D eigenvalue weighted by Gasteiger charge is -2.06. The maximum Gasteiger partial charge on any atom is 0.450 e. The van der Waals surface area contributed by atoms with Gasteiger partial charge in [-0.3, -0.25) is 9.59 Å². The number of hydrogen-bond donors (Lipinski definition) is 1. The van der Waals surface area contributed by atoms with Crippen molar-refractivity contribution in [1.29, 1.82) is 0 Å². The predicted molar refractivity (Wildman–Crippen MR) is 57.2 cm³/mol. The summed E-state index contributed by atoms with van der Waals surface area (Å²) in [6.07, 6.45) is -4.72. The van der Waals surface area contributed by atoms with E-state index in [1.807, 2.05) is 0 Å². The molecule has 0 spiro atoms. The Bertz CT molecular complexity index is 406. The standard InChI is InChI=1S/C9H9F3N2O3S/c10-9(11,12)6(15)5-7(16)17-3-1-13-8-14-2-4-18-8/h2,4H,1,3,5H2,(H,13,14). The average molecular weight is 282 g/mol. The van der Waals surface area contributed by atoms with E-state index in [1.165, 1.54) is 11.3 Å². The van der Waals surface area contributed by atoms with Crippen LogP contribution in [0.15, 0.2) is 11.6 Å². The third kappa shape index (κ3) is 5.13. The molecule has 1 rings (SSSR count). The van der Waals surface area contributed by atoms with E-state index in [2.05, 4.69) is 15.0 Å². The van der Waals surface area contributed by atoms with E-state index in [1.54, 1.807) is 11.6 Å². The first kappa shape index (κ1) is 14.4. The number of aromatic nitrogens is 1. The number of carbonyl (C=O) groups excluding carboxylic acids is 2. The van der Waals surface area contributed by atoms with Gasteiger partial charge in [-0.2, -0.15) is 13.2 Å². The van der Waals surface area contributed by atoms with Gasteiger partial charge in [-0.1, -0.05) is 0 Å². The first-order valence-electron chi connectivity index (χ1n) is 4.78. The van der Waals surface area contributed by atoms with Crippen LogP contribution in [0, 0.1) is 0 Å². The summed E-state index contributed by atoms with van der Waals surface area (Å²) in [5, 5.41) is 5.13. The highest BCUT2D eigenvalue weighted by Crippen LogP contribution is 2.17. The maximum absolute atomic E-state index is 11.8. The summed E-state index contributed by atoms with van der Waals surface area (Å²) in [4.78, 5) is 25.2. The Hall–Kier alpha value is -1.64. The van der Waals surface area contributed by atoms with Crippen molar-refractivity contribution < 1.29 is 27.5 Å². The number of rotatable bonds is 6. The number of ketones is 1. The van der Waals surface area contributed by atoms with Crippen molar-refractivity contribution >= 4 is 28.2 Å². The smallest absolute Gasteiger partial charge is 0.450 e. The molecule has 0 fully saturated rings. The van der Waals surface area contributed by atoms with E-state index < -0.39 is 24.3 Å². The normalized spacial score (nSPS) is 11.1. The van der Waals surface area contributed by atoms with E-state index in [0.717, 1.165) is 0 Å². The van der Waals surface area contributed by atoms with Crippen LogP contribution in [0.2, 0.25) is 0 Å². The monoisotopic (exact) mass is 282 g/mol. The summed E-state index contributed by atoms with van der Waals surface area (Å²) in [5.74, 6) is -3.31. The number of carbonyl (C=O) groups is 2. The molecule has 1 N–H and O–H groups in total. The third-order valence-corrected chi connectivity index (χ3v) is 2.43. The minimum Gasteiger partial charge on any atom is -0.463 e. The minimum atomic E-state index is -5.00. The zero-order chi connectivity index (χ0) is 13.6. The van der Waals surface area contributed by atoms with Crippen LogP contribution in [0.25, 0.3) is 0 Å². The summed E-state index contributed by atoms with van der Waals surface area (Å²) in [7, 11) is 0. The van der Waals surface area contributed by atoms with Crippen molar-refractivity contribution in [2.45, 2.75) is 12.6 Å². The Kier molecular flexibility index (Phi) is 5.08. The van der Waals surface area contributed by atoms with Crippen molar-refractivity contribution in [3.05, 3.63) is 11.6 Å². The molecule has 0 aliphatic heterocycles. The van der Waals surface area contributed by atoms with Gasteiger partial charge in [0.25, 0.3) is 0 Å². The molecule has 0 aromatic carbocycles.